The van der Waals surface area contributed by atoms with Crippen LogP contribution in [0.4, 0.5) is 5.69 Å². The quantitative estimate of drug-likeness (QED) is 0.476. The highest BCUT2D eigenvalue weighted by Crippen LogP contribution is 2.25. The molecule has 34 heavy (non-hydrogen) atoms. The number of hydrogen-bond donors (Lipinski definition) is 1. The largest absolute Gasteiger partial charge is 0.357 e. The van der Waals surface area contributed by atoms with E-state index in [1.807, 2.05) is 0 Å². The molecule has 0 aliphatic carbocycles. The number of anilines is 1. The Hall–Kier alpha value is -2.62. The lowest BCUT2D eigenvalue weighted by Crippen LogP contribution is -2.51. The molecule has 2 aromatic carbocycles. The number of nitrogens with zero attached hydrogens (tertiary/aromatic N) is 2. The first-order chi connectivity index (χ1) is 15.9. The standard InChI is InChI=1S/C23H27Cl2N3O5S/c1-5-21(23(31)26-3)27(13-16-9-10-19(24)20(25)11-16)22(30)14-28(34(4,32)33)18-8-6-7-17(12-18)15(2)29/h6-12,21H,5,13-14H2,1-4H3,(H,26,31). The second-order valence-corrected chi connectivity index (χ2v) is 10.4. The molecule has 8 nitrogen and oxygen atoms in total. The SMILES string of the molecule is CCC(C(=O)NC)N(Cc1ccc(Cl)c(Cl)c1)C(=O)CN(c1cccc(C(C)=O)c1)S(C)(=O)=O. The fourth-order valence-corrected chi connectivity index (χ4v) is 4.58. The maximum atomic E-state index is 13.5. The zero-order valence-electron chi connectivity index (χ0n) is 19.3. The van der Waals surface area contributed by atoms with E-state index >= 15 is 0 Å². The normalized spacial score (nSPS) is 12.1. The van der Waals surface area contributed by atoms with Gasteiger partial charge in [-0.25, -0.2) is 8.42 Å². The molecule has 0 radical (unpaired) electrons. The van der Waals surface area contributed by atoms with E-state index in [1.165, 1.54) is 31.0 Å². The maximum Gasteiger partial charge on any atom is 0.244 e. The van der Waals surface area contributed by atoms with Crippen LogP contribution >= 0.6 is 23.2 Å². The number of ketones is 1. The van der Waals surface area contributed by atoms with Crippen LogP contribution in [-0.2, 0) is 26.2 Å². The van der Waals surface area contributed by atoms with Crippen LogP contribution in [0.15, 0.2) is 42.5 Å². The number of hydrogen-bond acceptors (Lipinski definition) is 5. The molecule has 0 fully saturated rings. The van der Waals surface area contributed by atoms with E-state index in [0.717, 1.165) is 10.6 Å². The number of rotatable bonds is 10. The van der Waals surface area contributed by atoms with Crippen molar-refractivity contribution in [3.8, 4) is 0 Å². The lowest BCUT2D eigenvalue weighted by atomic mass is 10.1. The summed E-state index contributed by atoms with van der Waals surface area (Å²) in [6.45, 7) is 2.56. The third-order valence-electron chi connectivity index (χ3n) is 5.19. The number of amides is 2. The number of halogens is 2. The Bertz CT molecular complexity index is 1190. The summed E-state index contributed by atoms with van der Waals surface area (Å²) >= 11 is 12.1. The van der Waals surface area contributed by atoms with Gasteiger partial charge in [0.1, 0.15) is 12.6 Å². The average Bonchev–Trinajstić information content (AvgIpc) is 2.78. The molecule has 0 saturated carbocycles. The third-order valence-corrected chi connectivity index (χ3v) is 7.07. The van der Waals surface area contributed by atoms with Gasteiger partial charge in [0, 0.05) is 19.2 Å². The Morgan fingerprint density at radius 1 is 1.06 bits per heavy atom. The molecule has 1 unspecified atom stereocenters. The minimum atomic E-state index is -3.90. The van der Waals surface area contributed by atoms with Gasteiger partial charge in [-0.2, -0.15) is 0 Å². The Morgan fingerprint density at radius 3 is 2.26 bits per heavy atom. The summed E-state index contributed by atoms with van der Waals surface area (Å²) in [5.74, 6) is -1.23. The molecule has 1 N–H and O–H groups in total. The topological polar surface area (TPSA) is 104 Å². The van der Waals surface area contributed by atoms with Crippen molar-refractivity contribution in [2.24, 2.45) is 0 Å². The van der Waals surface area contributed by atoms with Crippen LogP contribution in [0.3, 0.4) is 0 Å². The smallest absolute Gasteiger partial charge is 0.244 e. The molecule has 0 saturated heterocycles. The van der Waals surface area contributed by atoms with Gasteiger partial charge >= 0.3 is 0 Å². The Morgan fingerprint density at radius 2 is 1.74 bits per heavy atom. The van der Waals surface area contributed by atoms with Crippen molar-refractivity contribution >= 4 is 56.5 Å². The van der Waals surface area contributed by atoms with E-state index in [2.05, 4.69) is 5.32 Å². The predicted octanol–water partition coefficient (Wildman–Crippen LogP) is 3.52. The van der Waals surface area contributed by atoms with Crippen LogP contribution in [-0.4, -0.2) is 56.8 Å². The molecule has 2 amide bonds. The summed E-state index contributed by atoms with van der Waals surface area (Å²) in [5.41, 5.74) is 1.10. The maximum absolute atomic E-state index is 13.5. The fraction of sp³-hybridized carbons (Fsp3) is 0.348. The van der Waals surface area contributed by atoms with Gasteiger partial charge < -0.3 is 10.2 Å². The second-order valence-electron chi connectivity index (χ2n) is 7.68. The van der Waals surface area contributed by atoms with Gasteiger partial charge in [0.25, 0.3) is 0 Å². The highest BCUT2D eigenvalue weighted by atomic mass is 35.5. The zero-order valence-corrected chi connectivity index (χ0v) is 21.7. The summed E-state index contributed by atoms with van der Waals surface area (Å²) in [5, 5.41) is 3.18. The van der Waals surface area contributed by atoms with E-state index in [1.54, 1.807) is 37.3 Å². The van der Waals surface area contributed by atoms with Crippen molar-refractivity contribution in [3.05, 3.63) is 63.6 Å². The third kappa shape index (κ3) is 6.94. The van der Waals surface area contributed by atoms with Crippen molar-refractivity contribution < 1.29 is 22.8 Å². The number of carbonyl (C=O) groups excluding carboxylic acids is 3. The van der Waals surface area contributed by atoms with Crippen LogP contribution in [0.2, 0.25) is 10.0 Å². The van der Waals surface area contributed by atoms with Crippen LogP contribution in [0.1, 0.15) is 36.2 Å². The van der Waals surface area contributed by atoms with E-state index in [9.17, 15) is 22.8 Å². The Kier molecular flexibility index (Phi) is 9.49. The monoisotopic (exact) mass is 527 g/mol. The first kappa shape index (κ1) is 27.6. The van der Waals surface area contributed by atoms with Gasteiger partial charge in [-0.1, -0.05) is 48.3 Å². The van der Waals surface area contributed by atoms with Crippen molar-refractivity contribution in [1.29, 1.82) is 0 Å². The molecule has 2 aromatic rings. The highest BCUT2D eigenvalue weighted by molar-refractivity contribution is 7.92. The minimum absolute atomic E-state index is 0.00668. The van der Waals surface area contributed by atoms with Crippen molar-refractivity contribution in [3.63, 3.8) is 0 Å². The number of sulfonamides is 1. The lowest BCUT2D eigenvalue weighted by molar-refractivity contribution is -0.140. The summed E-state index contributed by atoms with van der Waals surface area (Å²) in [4.78, 5) is 39.1. The number of carbonyl (C=O) groups is 3. The molecule has 11 heteroatoms. The molecular formula is C23H27Cl2N3O5S. The van der Waals surface area contributed by atoms with Crippen molar-refractivity contribution in [2.45, 2.75) is 32.9 Å². The van der Waals surface area contributed by atoms with E-state index in [-0.39, 0.29) is 23.9 Å². The summed E-state index contributed by atoms with van der Waals surface area (Å²) in [7, 11) is -2.44. The molecule has 0 heterocycles. The van der Waals surface area contributed by atoms with E-state index in [4.69, 9.17) is 23.2 Å². The summed E-state index contributed by atoms with van der Waals surface area (Å²) in [6.07, 6.45) is 1.27. The molecule has 0 bridgehead atoms. The second kappa shape index (κ2) is 11.7. The molecule has 0 aromatic heterocycles. The van der Waals surface area contributed by atoms with Gasteiger partial charge in [0.05, 0.1) is 22.0 Å². The van der Waals surface area contributed by atoms with Crippen LogP contribution in [0.25, 0.3) is 0 Å². The molecule has 184 valence electrons. The van der Waals surface area contributed by atoms with Crippen LogP contribution in [0, 0.1) is 0 Å². The Labute approximate surface area is 209 Å². The Balaban J connectivity index is 2.48. The molecule has 1 atom stereocenters. The van der Waals surface area contributed by atoms with Crippen LogP contribution < -0.4 is 9.62 Å². The van der Waals surface area contributed by atoms with Crippen molar-refractivity contribution in [1.82, 2.24) is 10.2 Å². The van der Waals surface area contributed by atoms with Crippen LogP contribution in [0.5, 0.6) is 0 Å². The first-order valence-electron chi connectivity index (χ1n) is 10.4. The molecule has 0 spiro atoms. The summed E-state index contributed by atoms with van der Waals surface area (Å²) < 4.78 is 26.1. The number of nitrogens with one attached hydrogen (secondary N) is 1. The number of Topliss-reactive ketones (excluding diaryl/α,β-unsaturated/α-hetero) is 1. The zero-order chi connectivity index (χ0) is 25.6. The molecule has 0 aliphatic rings. The van der Waals surface area contributed by atoms with Crippen molar-refractivity contribution in [2.75, 3.05) is 24.2 Å². The van der Waals surface area contributed by atoms with Gasteiger partial charge in [-0.05, 0) is 43.2 Å². The lowest BCUT2D eigenvalue weighted by Gasteiger charge is -2.32. The molecule has 2 rings (SSSR count). The number of benzene rings is 2. The van der Waals surface area contributed by atoms with Gasteiger partial charge in [0.15, 0.2) is 5.78 Å². The molecule has 0 aliphatic heterocycles. The predicted molar refractivity (Wildman–Crippen MR) is 134 cm³/mol. The fourth-order valence-electron chi connectivity index (χ4n) is 3.41. The van der Waals surface area contributed by atoms with Gasteiger partial charge in [0.2, 0.25) is 21.8 Å². The van der Waals surface area contributed by atoms with Gasteiger partial charge in [-0.3, -0.25) is 18.7 Å². The minimum Gasteiger partial charge on any atom is -0.357 e. The van der Waals surface area contributed by atoms with E-state index < -0.39 is 28.5 Å². The van der Waals surface area contributed by atoms with Gasteiger partial charge in [-0.15, -0.1) is 0 Å². The number of likely N-dealkylation sites (N-methyl/N-ethyl adjacent to an activating group) is 1. The van der Waals surface area contributed by atoms with E-state index in [0.29, 0.717) is 27.6 Å². The molecular weight excluding hydrogens is 501 g/mol. The highest BCUT2D eigenvalue weighted by Gasteiger charge is 2.31. The summed E-state index contributed by atoms with van der Waals surface area (Å²) in [6, 6.07) is 10.0. The average molecular weight is 528 g/mol. The first-order valence-corrected chi connectivity index (χ1v) is 13.0.